The van der Waals surface area contributed by atoms with Gasteiger partial charge in [0.25, 0.3) is 5.91 Å². The Kier molecular flexibility index (Phi) is 7.22. The van der Waals surface area contributed by atoms with Crippen LogP contribution in [0.2, 0.25) is 0 Å². The van der Waals surface area contributed by atoms with E-state index in [1.807, 2.05) is 56.4 Å². The monoisotopic (exact) mass is 432 g/mol. The Balaban J connectivity index is 1.40. The molecular formula is C26H32N4O2. The minimum atomic E-state index is 0.0150. The van der Waals surface area contributed by atoms with Crippen LogP contribution in [0.3, 0.4) is 0 Å². The van der Waals surface area contributed by atoms with E-state index < -0.39 is 0 Å². The summed E-state index contributed by atoms with van der Waals surface area (Å²) in [5.74, 6) is 1.20. The van der Waals surface area contributed by atoms with Gasteiger partial charge in [-0.2, -0.15) is 5.10 Å². The van der Waals surface area contributed by atoms with Crippen LogP contribution < -0.4 is 4.74 Å². The number of H-pyrrole nitrogens is 1. The quantitative estimate of drug-likeness (QED) is 0.571. The third-order valence-electron chi connectivity index (χ3n) is 6.06. The van der Waals surface area contributed by atoms with E-state index in [1.54, 1.807) is 11.1 Å². The van der Waals surface area contributed by atoms with Crippen LogP contribution in [0, 0.1) is 0 Å². The summed E-state index contributed by atoms with van der Waals surface area (Å²) in [6, 6.07) is 18.4. The summed E-state index contributed by atoms with van der Waals surface area (Å²) in [5.41, 5.74) is 4.05. The summed E-state index contributed by atoms with van der Waals surface area (Å²) in [5, 5.41) is 7.38. The molecule has 6 nitrogen and oxygen atoms in total. The third-order valence-corrected chi connectivity index (χ3v) is 6.06. The second kappa shape index (κ2) is 10.5. The van der Waals surface area contributed by atoms with Gasteiger partial charge in [0.2, 0.25) is 0 Å². The number of hydrogen-bond acceptors (Lipinski definition) is 4. The number of hydrogen-bond donors (Lipinski definition) is 1. The van der Waals surface area contributed by atoms with E-state index in [-0.39, 0.29) is 11.8 Å². The van der Waals surface area contributed by atoms with Crippen LogP contribution in [0.1, 0.15) is 52.9 Å². The Morgan fingerprint density at radius 3 is 2.69 bits per heavy atom. The number of amides is 1. The van der Waals surface area contributed by atoms with E-state index in [0.717, 1.165) is 49.5 Å². The zero-order valence-corrected chi connectivity index (χ0v) is 19.0. The number of piperidine rings is 1. The highest BCUT2D eigenvalue weighted by atomic mass is 16.5. The van der Waals surface area contributed by atoms with Gasteiger partial charge in [0.1, 0.15) is 5.75 Å². The first-order chi connectivity index (χ1) is 15.6. The van der Waals surface area contributed by atoms with E-state index in [2.05, 4.69) is 27.2 Å². The van der Waals surface area contributed by atoms with Crippen molar-refractivity contribution in [1.29, 1.82) is 0 Å². The Morgan fingerprint density at radius 1 is 1.16 bits per heavy atom. The molecule has 2 heterocycles. The van der Waals surface area contributed by atoms with E-state index in [4.69, 9.17) is 4.74 Å². The highest BCUT2D eigenvalue weighted by Crippen LogP contribution is 2.29. The molecule has 0 spiro atoms. The number of ether oxygens (including phenoxy) is 1. The first-order valence-electron chi connectivity index (χ1n) is 11.4. The molecule has 1 amide bonds. The van der Waals surface area contributed by atoms with Crippen molar-refractivity contribution >= 4 is 5.91 Å². The minimum absolute atomic E-state index is 0.0150. The topological polar surface area (TPSA) is 61.5 Å². The van der Waals surface area contributed by atoms with Gasteiger partial charge in [0.15, 0.2) is 0 Å². The average molecular weight is 433 g/mol. The largest absolute Gasteiger partial charge is 0.494 e. The van der Waals surface area contributed by atoms with Crippen LogP contribution in [-0.2, 0) is 13.1 Å². The fourth-order valence-electron chi connectivity index (χ4n) is 4.46. The number of aromatic amines is 1. The molecule has 1 fully saturated rings. The van der Waals surface area contributed by atoms with Crippen LogP contribution in [0.4, 0.5) is 0 Å². The molecule has 1 aliphatic rings. The zero-order chi connectivity index (χ0) is 22.3. The number of carbonyl (C=O) groups excluding carboxylic acids is 1. The number of likely N-dealkylation sites (tertiary alicyclic amines) is 1. The standard InChI is InChI=1S/C26H32N4O2/c1-3-32-23-13-11-21(12-14-23)18-30-15-7-10-22(19-30)25-24(16-27-28-25)26(31)29(2)17-20-8-5-4-6-9-20/h4-6,8-9,11-14,16,22H,3,7,10,15,17-19H2,1-2H3,(H,27,28)/t22-/m1/s1. The normalized spacial score (nSPS) is 16.6. The molecule has 6 heteroatoms. The first kappa shape index (κ1) is 22.1. The van der Waals surface area contributed by atoms with Crippen molar-refractivity contribution in [3.05, 3.63) is 83.2 Å². The molecule has 0 radical (unpaired) electrons. The lowest BCUT2D eigenvalue weighted by Crippen LogP contribution is -2.35. The number of nitrogens with zero attached hydrogens (tertiary/aromatic N) is 3. The molecule has 0 bridgehead atoms. The molecular weight excluding hydrogens is 400 g/mol. The lowest BCUT2D eigenvalue weighted by atomic mass is 9.92. The fourth-order valence-corrected chi connectivity index (χ4v) is 4.46. The summed E-state index contributed by atoms with van der Waals surface area (Å²) < 4.78 is 5.55. The minimum Gasteiger partial charge on any atom is -0.494 e. The average Bonchev–Trinajstić information content (AvgIpc) is 3.31. The van der Waals surface area contributed by atoms with Crippen molar-refractivity contribution in [1.82, 2.24) is 20.0 Å². The van der Waals surface area contributed by atoms with E-state index in [1.165, 1.54) is 5.56 Å². The summed E-state index contributed by atoms with van der Waals surface area (Å²) in [6.07, 6.45) is 3.85. The zero-order valence-electron chi connectivity index (χ0n) is 19.0. The van der Waals surface area contributed by atoms with Gasteiger partial charge in [-0.25, -0.2) is 0 Å². The van der Waals surface area contributed by atoms with Crippen LogP contribution in [0.5, 0.6) is 5.75 Å². The van der Waals surface area contributed by atoms with Gasteiger partial charge in [-0.3, -0.25) is 14.8 Å². The maximum absolute atomic E-state index is 13.2. The molecule has 3 aromatic rings. The molecule has 1 atom stereocenters. The van der Waals surface area contributed by atoms with Gasteiger partial charge in [-0.1, -0.05) is 42.5 Å². The number of aromatic nitrogens is 2. The van der Waals surface area contributed by atoms with Crippen LogP contribution >= 0.6 is 0 Å². The SMILES string of the molecule is CCOc1ccc(CN2CCC[C@@H](c3[nH]ncc3C(=O)N(C)Cc3ccccc3)C2)cc1. The second-order valence-electron chi connectivity index (χ2n) is 8.50. The first-order valence-corrected chi connectivity index (χ1v) is 11.4. The van der Waals surface area contributed by atoms with E-state index in [9.17, 15) is 4.79 Å². The molecule has 2 aromatic carbocycles. The van der Waals surface area contributed by atoms with Crippen LogP contribution in [0.15, 0.2) is 60.8 Å². The number of nitrogens with one attached hydrogen (secondary N) is 1. The summed E-state index contributed by atoms with van der Waals surface area (Å²) >= 11 is 0. The van der Waals surface area contributed by atoms with E-state index >= 15 is 0 Å². The van der Waals surface area contributed by atoms with Crippen molar-refractivity contribution in [3.8, 4) is 5.75 Å². The Bertz CT molecular complexity index is 1000. The van der Waals surface area contributed by atoms with Crippen LogP contribution in [-0.4, -0.2) is 52.6 Å². The molecule has 32 heavy (non-hydrogen) atoms. The lowest BCUT2D eigenvalue weighted by Gasteiger charge is -2.32. The summed E-state index contributed by atoms with van der Waals surface area (Å²) in [6.45, 7) is 6.13. The summed E-state index contributed by atoms with van der Waals surface area (Å²) in [7, 11) is 1.85. The van der Waals surface area contributed by atoms with Crippen molar-refractivity contribution in [3.63, 3.8) is 0 Å². The molecule has 0 saturated carbocycles. The van der Waals surface area contributed by atoms with Gasteiger partial charge >= 0.3 is 0 Å². The lowest BCUT2D eigenvalue weighted by molar-refractivity contribution is 0.0782. The van der Waals surface area contributed by atoms with Crippen molar-refractivity contribution < 1.29 is 9.53 Å². The van der Waals surface area contributed by atoms with Gasteiger partial charge in [0, 0.05) is 32.6 Å². The maximum atomic E-state index is 13.2. The van der Waals surface area contributed by atoms with E-state index in [0.29, 0.717) is 18.7 Å². The summed E-state index contributed by atoms with van der Waals surface area (Å²) in [4.78, 5) is 17.4. The highest BCUT2D eigenvalue weighted by Gasteiger charge is 2.28. The predicted molar refractivity (Wildman–Crippen MR) is 126 cm³/mol. The number of rotatable bonds is 8. The van der Waals surface area contributed by atoms with Gasteiger partial charge in [-0.05, 0) is 49.6 Å². The van der Waals surface area contributed by atoms with Gasteiger partial charge in [-0.15, -0.1) is 0 Å². The fraction of sp³-hybridized carbons (Fsp3) is 0.385. The number of benzene rings is 2. The Labute approximate surface area is 190 Å². The second-order valence-corrected chi connectivity index (χ2v) is 8.50. The molecule has 1 aromatic heterocycles. The highest BCUT2D eigenvalue weighted by molar-refractivity contribution is 5.95. The molecule has 0 unspecified atom stereocenters. The molecule has 1 saturated heterocycles. The molecule has 1 N–H and O–H groups in total. The Morgan fingerprint density at radius 2 is 1.94 bits per heavy atom. The Hall–Kier alpha value is -3.12. The molecule has 4 rings (SSSR count). The predicted octanol–water partition coefficient (Wildman–Crippen LogP) is 4.46. The molecule has 1 aliphatic heterocycles. The van der Waals surface area contributed by atoms with Crippen LogP contribution in [0.25, 0.3) is 0 Å². The maximum Gasteiger partial charge on any atom is 0.257 e. The van der Waals surface area contributed by atoms with Crippen molar-refractivity contribution in [2.45, 2.75) is 38.8 Å². The number of carbonyl (C=O) groups is 1. The van der Waals surface area contributed by atoms with Gasteiger partial charge in [0.05, 0.1) is 24.1 Å². The molecule has 168 valence electrons. The third kappa shape index (κ3) is 5.37. The van der Waals surface area contributed by atoms with Crippen molar-refractivity contribution in [2.75, 3.05) is 26.7 Å². The van der Waals surface area contributed by atoms with Crippen molar-refractivity contribution in [2.24, 2.45) is 0 Å². The molecule has 0 aliphatic carbocycles. The smallest absolute Gasteiger partial charge is 0.257 e. The van der Waals surface area contributed by atoms with Gasteiger partial charge < -0.3 is 9.64 Å².